The summed E-state index contributed by atoms with van der Waals surface area (Å²) in [6, 6.07) is 8.15. The number of likely N-dealkylation sites (tertiary alicyclic amines) is 1. The number of alkyl halides is 1. The molecule has 3 heteroatoms. The number of nitrogens with two attached hydrogens (primary N) is 1. The second kappa shape index (κ2) is 5.30. The first-order valence-corrected chi connectivity index (χ1v) is 5.93. The lowest BCUT2D eigenvalue weighted by atomic mass is 9.89. The van der Waals surface area contributed by atoms with Gasteiger partial charge in [0, 0.05) is 12.2 Å². The monoisotopic (exact) mass is 222 g/mol. The first kappa shape index (κ1) is 11.4. The van der Waals surface area contributed by atoms with Gasteiger partial charge in [0.1, 0.15) is 6.67 Å². The third-order valence-electron chi connectivity index (χ3n) is 3.40. The lowest BCUT2D eigenvalue weighted by molar-refractivity contribution is 0.197. The number of anilines is 1. The molecule has 0 unspecified atom stereocenters. The SMILES string of the molecule is Nc1ccc(C2CCN(CCF)CC2)cc1. The van der Waals surface area contributed by atoms with Gasteiger partial charge in [0.05, 0.1) is 0 Å². The van der Waals surface area contributed by atoms with Crippen LogP contribution in [0.5, 0.6) is 0 Å². The highest BCUT2D eigenvalue weighted by Crippen LogP contribution is 2.28. The number of piperidine rings is 1. The molecular weight excluding hydrogens is 203 g/mol. The van der Waals surface area contributed by atoms with Crippen LogP contribution in [0.15, 0.2) is 24.3 Å². The minimum absolute atomic E-state index is 0.230. The summed E-state index contributed by atoms with van der Waals surface area (Å²) in [5, 5.41) is 0. The highest BCUT2D eigenvalue weighted by atomic mass is 19.1. The Kier molecular flexibility index (Phi) is 3.78. The number of halogens is 1. The van der Waals surface area contributed by atoms with Crippen LogP contribution in [0.3, 0.4) is 0 Å². The van der Waals surface area contributed by atoms with E-state index in [4.69, 9.17) is 5.73 Å². The molecule has 0 bridgehead atoms. The largest absolute Gasteiger partial charge is 0.399 e. The number of benzene rings is 1. The van der Waals surface area contributed by atoms with Crippen LogP contribution in [-0.2, 0) is 0 Å². The molecule has 2 rings (SSSR count). The van der Waals surface area contributed by atoms with Crippen molar-refractivity contribution >= 4 is 5.69 Å². The number of nitrogens with zero attached hydrogens (tertiary/aromatic N) is 1. The molecule has 0 atom stereocenters. The Hall–Kier alpha value is -1.09. The maximum absolute atomic E-state index is 12.2. The smallest absolute Gasteiger partial charge is 0.102 e. The van der Waals surface area contributed by atoms with E-state index in [1.54, 1.807) is 0 Å². The third-order valence-corrected chi connectivity index (χ3v) is 3.40. The van der Waals surface area contributed by atoms with Gasteiger partial charge in [-0.25, -0.2) is 4.39 Å². The predicted octanol–water partition coefficient (Wildman–Crippen LogP) is 2.42. The van der Waals surface area contributed by atoms with Crippen molar-refractivity contribution in [2.45, 2.75) is 18.8 Å². The van der Waals surface area contributed by atoms with Crippen LogP contribution in [0, 0.1) is 0 Å². The molecule has 1 aliphatic heterocycles. The topological polar surface area (TPSA) is 29.3 Å². The zero-order valence-corrected chi connectivity index (χ0v) is 9.53. The lowest BCUT2D eigenvalue weighted by Crippen LogP contribution is -2.34. The van der Waals surface area contributed by atoms with E-state index >= 15 is 0 Å². The van der Waals surface area contributed by atoms with Gasteiger partial charge >= 0.3 is 0 Å². The fourth-order valence-electron chi connectivity index (χ4n) is 2.38. The fourth-order valence-corrected chi connectivity index (χ4v) is 2.38. The summed E-state index contributed by atoms with van der Waals surface area (Å²) in [5.74, 6) is 0.622. The first-order chi connectivity index (χ1) is 7.79. The Morgan fingerprint density at radius 2 is 1.81 bits per heavy atom. The van der Waals surface area contributed by atoms with Gasteiger partial charge in [0.15, 0.2) is 0 Å². The number of nitrogen functional groups attached to an aromatic ring is 1. The van der Waals surface area contributed by atoms with Crippen molar-refractivity contribution in [1.29, 1.82) is 0 Å². The molecule has 16 heavy (non-hydrogen) atoms. The van der Waals surface area contributed by atoms with Crippen molar-refractivity contribution in [3.63, 3.8) is 0 Å². The van der Waals surface area contributed by atoms with Crippen molar-refractivity contribution in [3.05, 3.63) is 29.8 Å². The van der Waals surface area contributed by atoms with E-state index < -0.39 is 0 Å². The Balaban J connectivity index is 1.91. The van der Waals surface area contributed by atoms with Crippen LogP contribution >= 0.6 is 0 Å². The van der Waals surface area contributed by atoms with Crippen LogP contribution < -0.4 is 5.73 Å². The van der Waals surface area contributed by atoms with Crippen LogP contribution in [0.25, 0.3) is 0 Å². The second-order valence-electron chi connectivity index (χ2n) is 4.47. The normalized spacial score (nSPS) is 18.8. The molecule has 0 amide bonds. The number of hydrogen-bond acceptors (Lipinski definition) is 2. The van der Waals surface area contributed by atoms with Gasteiger partial charge in [-0.05, 0) is 49.5 Å². The highest BCUT2D eigenvalue weighted by Gasteiger charge is 2.19. The van der Waals surface area contributed by atoms with Crippen molar-refractivity contribution in [2.24, 2.45) is 0 Å². The third kappa shape index (κ3) is 2.73. The van der Waals surface area contributed by atoms with E-state index in [2.05, 4.69) is 17.0 Å². The first-order valence-electron chi connectivity index (χ1n) is 5.93. The van der Waals surface area contributed by atoms with E-state index in [1.165, 1.54) is 5.56 Å². The van der Waals surface area contributed by atoms with Crippen LogP contribution in [0.2, 0.25) is 0 Å². The summed E-state index contributed by atoms with van der Waals surface area (Å²) in [7, 11) is 0. The standard InChI is InChI=1S/C13H19FN2/c14-7-10-16-8-5-12(6-9-16)11-1-3-13(15)4-2-11/h1-4,12H,5-10,15H2. The van der Waals surface area contributed by atoms with E-state index in [-0.39, 0.29) is 6.67 Å². The summed E-state index contributed by atoms with van der Waals surface area (Å²) in [6.07, 6.45) is 2.26. The molecule has 0 aliphatic carbocycles. The molecular formula is C13H19FN2. The molecule has 1 heterocycles. The van der Waals surface area contributed by atoms with Gasteiger partial charge in [-0.15, -0.1) is 0 Å². The molecule has 0 radical (unpaired) electrons. The molecule has 88 valence electrons. The summed E-state index contributed by atoms with van der Waals surface area (Å²) in [5.41, 5.74) is 7.86. The number of rotatable bonds is 3. The van der Waals surface area contributed by atoms with Gasteiger partial charge in [0.2, 0.25) is 0 Å². The van der Waals surface area contributed by atoms with Crippen molar-refractivity contribution in [1.82, 2.24) is 4.90 Å². The molecule has 1 fully saturated rings. The second-order valence-corrected chi connectivity index (χ2v) is 4.47. The quantitative estimate of drug-likeness (QED) is 0.796. The Morgan fingerprint density at radius 1 is 1.19 bits per heavy atom. The average molecular weight is 222 g/mol. The van der Waals surface area contributed by atoms with Crippen molar-refractivity contribution in [2.75, 3.05) is 32.0 Å². The maximum Gasteiger partial charge on any atom is 0.102 e. The molecule has 1 aromatic carbocycles. The summed E-state index contributed by atoms with van der Waals surface area (Å²) in [4.78, 5) is 2.20. The van der Waals surface area contributed by atoms with E-state index in [0.717, 1.165) is 31.6 Å². The predicted molar refractivity (Wildman–Crippen MR) is 65.2 cm³/mol. The molecule has 0 spiro atoms. The van der Waals surface area contributed by atoms with Gasteiger partial charge in [-0.1, -0.05) is 12.1 Å². The number of hydrogen-bond donors (Lipinski definition) is 1. The minimum atomic E-state index is -0.230. The summed E-state index contributed by atoms with van der Waals surface area (Å²) < 4.78 is 12.2. The lowest BCUT2D eigenvalue weighted by Gasteiger charge is -2.31. The van der Waals surface area contributed by atoms with E-state index in [1.807, 2.05) is 12.1 Å². The van der Waals surface area contributed by atoms with Crippen LogP contribution in [0.1, 0.15) is 24.3 Å². The van der Waals surface area contributed by atoms with Gasteiger partial charge in [-0.2, -0.15) is 0 Å². The molecule has 1 aliphatic rings. The average Bonchev–Trinajstić information content (AvgIpc) is 2.32. The van der Waals surface area contributed by atoms with E-state index in [0.29, 0.717) is 12.5 Å². The summed E-state index contributed by atoms with van der Waals surface area (Å²) in [6.45, 7) is 2.39. The molecule has 2 N–H and O–H groups in total. The molecule has 2 nitrogen and oxygen atoms in total. The van der Waals surface area contributed by atoms with Crippen molar-refractivity contribution in [3.8, 4) is 0 Å². The molecule has 1 saturated heterocycles. The molecule has 0 saturated carbocycles. The van der Waals surface area contributed by atoms with E-state index in [9.17, 15) is 4.39 Å². The Labute approximate surface area is 96.2 Å². The molecule has 1 aromatic rings. The summed E-state index contributed by atoms with van der Waals surface area (Å²) >= 11 is 0. The van der Waals surface area contributed by atoms with Crippen molar-refractivity contribution < 1.29 is 4.39 Å². The zero-order chi connectivity index (χ0) is 11.4. The Morgan fingerprint density at radius 3 is 2.38 bits per heavy atom. The van der Waals surface area contributed by atoms with Crippen LogP contribution in [-0.4, -0.2) is 31.2 Å². The van der Waals surface area contributed by atoms with Gasteiger partial charge in [0.25, 0.3) is 0 Å². The Bertz CT molecular complexity index is 315. The maximum atomic E-state index is 12.2. The minimum Gasteiger partial charge on any atom is -0.399 e. The fraction of sp³-hybridized carbons (Fsp3) is 0.538. The van der Waals surface area contributed by atoms with Gasteiger partial charge in [-0.3, -0.25) is 0 Å². The van der Waals surface area contributed by atoms with Crippen LogP contribution in [0.4, 0.5) is 10.1 Å². The highest BCUT2D eigenvalue weighted by molar-refractivity contribution is 5.40. The molecule has 0 aromatic heterocycles. The zero-order valence-electron chi connectivity index (χ0n) is 9.53. The van der Waals surface area contributed by atoms with Gasteiger partial charge < -0.3 is 10.6 Å².